The van der Waals surface area contributed by atoms with E-state index in [2.05, 4.69) is 9.71 Å². The first-order chi connectivity index (χ1) is 12.3. The highest BCUT2D eigenvalue weighted by molar-refractivity contribution is 7.99. The molecule has 2 aromatic rings. The van der Waals surface area contributed by atoms with Gasteiger partial charge in [-0.25, -0.2) is 18.1 Å². The average Bonchev–Trinajstić information content (AvgIpc) is 2.58. The monoisotopic (exact) mass is 415 g/mol. The molecule has 0 saturated heterocycles. The first-order valence-electron chi connectivity index (χ1n) is 8.64. The maximum Gasteiger partial charge on any atom is 0.262 e. The third-order valence-corrected chi connectivity index (χ3v) is 6.39. The van der Waals surface area contributed by atoms with E-state index in [0.717, 1.165) is 31.9 Å². The predicted octanol–water partition coefficient (Wildman–Crippen LogP) is 3.20. The van der Waals surface area contributed by atoms with Gasteiger partial charge in [0, 0.05) is 23.4 Å². The lowest BCUT2D eigenvalue weighted by Crippen LogP contribution is -2.29. The number of nitrogens with zero attached hydrogens (tertiary/aromatic N) is 2. The SMILES string of the molecule is CS(=O)(=O)NCCSc1nc2cc(Cl)ccc2c(=O)n1C1CCCCC1. The molecule has 9 heteroatoms. The Morgan fingerprint density at radius 1 is 1.31 bits per heavy atom. The Bertz CT molecular complexity index is 954. The molecule has 0 atom stereocenters. The van der Waals surface area contributed by atoms with Crippen LogP contribution in [0.3, 0.4) is 0 Å². The summed E-state index contributed by atoms with van der Waals surface area (Å²) in [6.45, 7) is 0.289. The standard InChI is InChI=1S/C17H22ClN3O3S2/c1-26(23,24)19-9-10-25-17-20-15-11-12(18)7-8-14(15)16(22)21(17)13-5-3-2-4-6-13/h7-8,11,13,19H,2-6,9-10H2,1H3. The van der Waals surface area contributed by atoms with Crippen molar-refractivity contribution in [3.05, 3.63) is 33.6 Å². The Kier molecular flexibility index (Phi) is 6.27. The number of hydrogen-bond acceptors (Lipinski definition) is 5. The molecule has 0 radical (unpaired) electrons. The average molecular weight is 416 g/mol. The normalized spacial score (nSPS) is 16.2. The third kappa shape index (κ3) is 4.79. The van der Waals surface area contributed by atoms with Crippen molar-refractivity contribution >= 4 is 44.3 Å². The molecule has 142 valence electrons. The van der Waals surface area contributed by atoms with Crippen LogP contribution in [-0.2, 0) is 10.0 Å². The van der Waals surface area contributed by atoms with Gasteiger partial charge in [-0.3, -0.25) is 9.36 Å². The summed E-state index contributed by atoms with van der Waals surface area (Å²) in [6.07, 6.45) is 6.48. The van der Waals surface area contributed by atoms with Crippen molar-refractivity contribution in [3.8, 4) is 0 Å². The summed E-state index contributed by atoms with van der Waals surface area (Å²) < 4.78 is 26.7. The van der Waals surface area contributed by atoms with Crippen LogP contribution in [0, 0.1) is 0 Å². The Morgan fingerprint density at radius 2 is 2.04 bits per heavy atom. The number of benzene rings is 1. The molecule has 1 saturated carbocycles. The lowest BCUT2D eigenvalue weighted by molar-refractivity contribution is 0.326. The molecule has 1 aromatic carbocycles. The van der Waals surface area contributed by atoms with E-state index in [1.54, 1.807) is 22.8 Å². The summed E-state index contributed by atoms with van der Waals surface area (Å²) in [5, 5.41) is 1.74. The highest BCUT2D eigenvalue weighted by atomic mass is 35.5. The van der Waals surface area contributed by atoms with Crippen molar-refractivity contribution in [2.24, 2.45) is 0 Å². The van der Waals surface area contributed by atoms with Crippen LogP contribution in [-0.4, -0.2) is 36.5 Å². The van der Waals surface area contributed by atoms with Crippen LogP contribution in [0.15, 0.2) is 28.2 Å². The zero-order valence-corrected chi connectivity index (χ0v) is 17.0. The molecule has 1 heterocycles. The number of aromatic nitrogens is 2. The van der Waals surface area contributed by atoms with Gasteiger partial charge in [-0.2, -0.15) is 0 Å². The summed E-state index contributed by atoms with van der Waals surface area (Å²) in [7, 11) is -3.23. The number of halogens is 1. The van der Waals surface area contributed by atoms with Crippen molar-refractivity contribution in [2.75, 3.05) is 18.6 Å². The van der Waals surface area contributed by atoms with Gasteiger partial charge in [-0.1, -0.05) is 42.6 Å². The molecule has 0 spiro atoms. The molecule has 1 aromatic heterocycles. The highest BCUT2D eigenvalue weighted by Gasteiger charge is 2.22. The second-order valence-corrected chi connectivity index (χ2v) is 9.87. The highest BCUT2D eigenvalue weighted by Crippen LogP contribution is 2.31. The minimum Gasteiger partial charge on any atom is -0.284 e. The largest absolute Gasteiger partial charge is 0.284 e. The fourth-order valence-electron chi connectivity index (χ4n) is 3.28. The number of sulfonamides is 1. The molecule has 0 amide bonds. The molecule has 0 unspecified atom stereocenters. The topological polar surface area (TPSA) is 81.1 Å². The fourth-order valence-corrected chi connectivity index (χ4v) is 4.97. The van der Waals surface area contributed by atoms with Gasteiger partial charge < -0.3 is 0 Å². The Morgan fingerprint density at radius 3 is 2.73 bits per heavy atom. The van der Waals surface area contributed by atoms with Gasteiger partial charge in [0.15, 0.2) is 5.16 Å². The van der Waals surface area contributed by atoms with Gasteiger partial charge >= 0.3 is 0 Å². The molecule has 3 rings (SSSR count). The molecule has 6 nitrogen and oxygen atoms in total. The van der Waals surface area contributed by atoms with Gasteiger partial charge in [0.25, 0.3) is 5.56 Å². The molecule has 26 heavy (non-hydrogen) atoms. The smallest absolute Gasteiger partial charge is 0.262 e. The van der Waals surface area contributed by atoms with Gasteiger partial charge in [-0.15, -0.1) is 0 Å². The summed E-state index contributed by atoms with van der Waals surface area (Å²) in [5.74, 6) is 0.498. The van der Waals surface area contributed by atoms with Crippen LogP contribution in [0.4, 0.5) is 0 Å². The van der Waals surface area contributed by atoms with E-state index in [0.29, 0.717) is 26.8 Å². The van der Waals surface area contributed by atoms with Crippen molar-refractivity contribution < 1.29 is 8.42 Å². The first kappa shape index (κ1) is 19.7. The van der Waals surface area contributed by atoms with E-state index < -0.39 is 10.0 Å². The Hall–Kier alpha value is -1.09. The molecule has 0 aliphatic heterocycles. The number of rotatable bonds is 6. The van der Waals surface area contributed by atoms with Crippen molar-refractivity contribution in [2.45, 2.75) is 43.3 Å². The van der Waals surface area contributed by atoms with Crippen molar-refractivity contribution in [1.29, 1.82) is 0 Å². The summed E-state index contributed by atoms with van der Waals surface area (Å²) in [4.78, 5) is 17.8. The van der Waals surface area contributed by atoms with Crippen LogP contribution in [0.1, 0.15) is 38.1 Å². The molecule has 1 fully saturated rings. The number of fused-ring (bicyclic) bond motifs is 1. The van der Waals surface area contributed by atoms with Crippen LogP contribution in [0.25, 0.3) is 10.9 Å². The Labute approximate surface area is 162 Å². The molecule has 1 aliphatic carbocycles. The fraction of sp³-hybridized carbons (Fsp3) is 0.529. The number of thioether (sulfide) groups is 1. The van der Waals surface area contributed by atoms with Gasteiger partial charge in [0.1, 0.15) is 0 Å². The van der Waals surface area contributed by atoms with Crippen LogP contribution < -0.4 is 10.3 Å². The third-order valence-electron chi connectivity index (χ3n) is 4.47. The maximum absolute atomic E-state index is 13.1. The summed E-state index contributed by atoms with van der Waals surface area (Å²) in [5.41, 5.74) is 0.533. The van der Waals surface area contributed by atoms with E-state index in [1.165, 1.54) is 18.2 Å². The minimum atomic E-state index is -3.23. The van der Waals surface area contributed by atoms with Crippen LogP contribution in [0.2, 0.25) is 5.02 Å². The molecule has 0 bridgehead atoms. The zero-order valence-electron chi connectivity index (χ0n) is 14.6. The van der Waals surface area contributed by atoms with Crippen LogP contribution >= 0.6 is 23.4 Å². The van der Waals surface area contributed by atoms with Gasteiger partial charge in [0.2, 0.25) is 10.0 Å². The Balaban J connectivity index is 1.96. The van der Waals surface area contributed by atoms with Crippen molar-refractivity contribution in [1.82, 2.24) is 14.3 Å². The summed E-state index contributed by atoms with van der Waals surface area (Å²) >= 11 is 7.45. The van der Waals surface area contributed by atoms with Gasteiger partial charge in [0.05, 0.1) is 17.2 Å². The predicted molar refractivity (Wildman–Crippen MR) is 107 cm³/mol. The van der Waals surface area contributed by atoms with E-state index >= 15 is 0 Å². The van der Waals surface area contributed by atoms with Crippen molar-refractivity contribution in [3.63, 3.8) is 0 Å². The maximum atomic E-state index is 13.1. The number of nitrogens with one attached hydrogen (secondary N) is 1. The van der Waals surface area contributed by atoms with Crippen LogP contribution in [0.5, 0.6) is 0 Å². The molecule has 1 aliphatic rings. The minimum absolute atomic E-state index is 0.0443. The second kappa shape index (κ2) is 8.29. The molecule has 1 N–H and O–H groups in total. The molecular formula is C17H22ClN3O3S2. The van der Waals surface area contributed by atoms with E-state index in [-0.39, 0.29) is 18.1 Å². The first-order valence-corrected chi connectivity index (χ1v) is 11.9. The number of hydrogen-bond donors (Lipinski definition) is 1. The summed E-state index contributed by atoms with van der Waals surface area (Å²) in [6, 6.07) is 5.28. The lowest BCUT2D eigenvalue weighted by Gasteiger charge is -2.26. The molecular weight excluding hydrogens is 394 g/mol. The zero-order chi connectivity index (χ0) is 18.7. The van der Waals surface area contributed by atoms with E-state index in [1.807, 2.05) is 0 Å². The second-order valence-electron chi connectivity index (χ2n) is 6.54. The lowest BCUT2D eigenvalue weighted by atomic mass is 9.95. The van der Waals surface area contributed by atoms with E-state index in [4.69, 9.17) is 11.6 Å². The van der Waals surface area contributed by atoms with E-state index in [9.17, 15) is 13.2 Å². The quantitative estimate of drug-likeness (QED) is 0.445. The van der Waals surface area contributed by atoms with Gasteiger partial charge in [-0.05, 0) is 31.0 Å².